The summed E-state index contributed by atoms with van der Waals surface area (Å²) >= 11 is 0. The molecule has 8 heteroatoms. The van der Waals surface area contributed by atoms with Crippen molar-refractivity contribution in [3.8, 4) is 0 Å². The minimum Gasteiger partial charge on any atom is -0.398 e. The molecule has 1 rings (SSSR count). The second-order valence-corrected chi connectivity index (χ2v) is 6.11. The van der Waals surface area contributed by atoms with Gasteiger partial charge in [0.1, 0.15) is 0 Å². The first-order valence-electron chi connectivity index (χ1n) is 8.03. The van der Waals surface area contributed by atoms with Gasteiger partial charge in [-0.25, -0.2) is 0 Å². The molecule has 0 heterocycles. The van der Waals surface area contributed by atoms with E-state index in [1.807, 2.05) is 6.92 Å². The van der Waals surface area contributed by atoms with Crippen LogP contribution in [0.2, 0.25) is 0 Å². The van der Waals surface area contributed by atoms with Crippen LogP contribution in [0.4, 0.5) is 32.0 Å². The molecule has 0 aliphatic rings. The Hall–Kier alpha value is -1.44. The highest BCUT2D eigenvalue weighted by molar-refractivity contribution is 5.55. The lowest BCUT2D eigenvalue weighted by Crippen LogP contribution is -2.56. The minimum atomic E-state index is -5.66. The van der Waals surface area contributed by atoms with E-state index >= 15 is 0 Å². The number of hydrogen-bond donors (Lipinski definition) is 1. The van der Waals surface area contributed by atoms with Crippen LogP contribution in [0.25, 0.3) is 0 Å². The van der Waals surface area contributed by atoms with Crippen molar-refractivity contribution in [2.24, 2.45) is 0 Å². The molecular formula is C17H23F6NO. The Labute approximate surface area is 143 Å². The van der Waals surface area contributed by atoms with E-state index in [0.717, 1.165) is 18.6 Å². The average Bonchev–Trinajstić information content (AvgIpc) is 2.45. The number of anilines is 1. The zero-order valence-corrected chi connectivity index (χ0v) is 14.4. The van der Waals surface area contributed by atoms with Crippen LogP contribution in [0.5, 0.6) is 0 Å². The zero-order chi connectivity index (χ0) is 19.5. The average molecular weight is 371 g/mol. The highest BCUT2D eigenvalue weighted by Crippen LogP contribution is 2.53. The maximum Gasteiger partial charge on any atom is 0.430 e. The second-order valence-electron chi connectivity index (χ2n) is 6.11. The molecule has 0 atom stereocenters. The summed E-state index contributed by atoms with van der Waals surface area (Å²) in [7, 11) is 0. The third kappa shape index (κ3) is 4.40. The van der Waals surface area contributed by atoms with Gasteiger partial charge in [-0.2, -0.15) is 26.3 Å². The molecule has 1 aromatic carbocycles. The van der Waals surface area contributed by atoms with Gasteiger partial charge in [-0.3, -0.25) is 0 Å². The number of unbranched alkanes of at least 4 members (excludes halogenated alkanes) is 3. The fourth-order valence-electron chi connectivity index (χ4n) is 2.67. The fraction of sp³-hybridized carbons (Fsp3) is 0.647. The van der Waals surface area contributed by atoms with E-state index in [2.05, 4.69) is 4.74 Å². The zero-order valence-electron chi connectivity index (χ0n) is 14.4. The minimum absolute atomic E-state index is 0.120. The number of nitrogens with two attached hydrogens (primary N) is 1. The molecule has 0 radical (unpaired) electrons. The van der Waals surface area contributed by atoms with Gasteiger partial charge in [-0.05, 0) is 31.4 Å². The van der Waals surface area contributed by atoms with Gasteiger partial charge in [0.2, 0.25) is 0 Å². The summed E-state index contributed by atoms with van der Waals surface area (Å²) in [5.74, 6) is 0. The second kappa shape index (κ2) is 7.85. The summed E-state index contributed by atoms with van der Waals surface area (Å²) in [6.07, 6.45) is -9.18. The van der Waals surface area contributed by atoms with Gasteiger partial charge in [0.05, 0.1) is 0 Å². The van der Waals surface area contributed by atoms with Crippen molar-refractivity contribution in [1.29, 1.82) is 0 Å². The Morgan fingerprint density at radius 1 is 0.880 bits per heavy atom. The topological polar surface area (TPSA) is 35.2 Å². The Balaban J connectivity index is 3.40. The summed E-state index contributed by atoms with van der Waals surface area (Å²) in [5.41, 5.74) is 0.745. The molecule has 0 saturated heterocycles. The monoisotopic (exact) mass is 371 g/mol. The SMILES string of the molecule is CCCCCCOC(c1cc(C)c(N)c(C)c1)(C(F)(F)F)C(F)(F)F. The molecule has 25 heavy (non-hydrogen) atoms. The number of hydrogen-bond acceptors (Lipinski definition) is 2. The third-order valence-electron chi connectivity index (χ3n) is 4.12. The van der Waals surface area contributed by atoms with E-state index in [9.17, 15) is 26.3 Å². The number of nitrogen functional groups attached to an aromatic ring is 1. The molecular weight excluding hydrogens is 348 g/mol. The molecule has 1 aromatic rings. The highest BCUT2D eigenvalue weighted by atomic mass is 19.4. The molecule has 0 unspecified atom stereocenters. The molecule has 0 aliphatic heterocycles. The number of ether oxygens (including phenoxy) is 1. The van der Waals surface area contributed by atoms with E-state index < -0.39 is 30.1 Å². The molecule has 0 aliphatic carbocycles. The van der Waals surface area contributed by atoms with Crippen LogP contribution in [0.3, 0.4) is 0 Å². The summed E-state index contributed by atoms with van der Waals surface area (Å²) in [6.45, 7) is 3.98. The molecule has 2 nitrogen and oxygen atoms in total. The maximum absolute atomic E-state index is 13.6. The predicted octanol–water partition coefficient (Wildman–Crippen LogP) is 5.80. The van der Waals surface area contributed by atoms with Crippen molar-refractivity contribution < 1.29 is 31.1 Å². The van der Waals surface area contributed by atoms with E-state index in [4.69, 9.17) is 5.73 Å². The quantitative estimate of drug-likeness (QED) is 0.373. The van der Waals surface area contributed by atoms with Gasteiger partial charge >= 0.3 is 12.4 Å². The van der Waals surface area contributed by atoms with Gasteiger partial charge in [0, 0.05) is 17.9 Å². The first kappa shape index (κ1) is 21.6. The van der Waals surface area contributed by atoms with Crippen molar-refractivity contribution in [1.82, 2.24) is 0 Å². The van der Waals surface area contributed by atoms with Gasteiger partial charge in [0.25, 0.3) is 5.60 Å². The van der Waals surface area contributed by atoms with Gasteiger partial charge in [-0.15, -0.1) is 0 Å². The fourth-order valence-corrected chi connectivity index (χ4v) is 2.67. The van der Waals surface area contributed by atoms with E-state index in [1.165, 1.54) is 13.8 Å². The molecule has 0 fully saturated rings. The number of aryl methyl sites for hydroxylation is 2. The van der Waals surface area contributed by atoms with Crippen LogP contribution >= 0.6 is 0 Å². The molecule has 0 saturated carbocycles. The normalized spacial score (nSPS) is 13.3. The first-order chi connectivity index (χ1) is 11.4. The Bertz CT molecular complexity index is 542. The van der Waals surface area contributed by atoms with Crippen LogP contribution in [0.1, 0.15) is 49.3 Å². The Kier molecular flexibility index (Phi) is 6.78. The lowest BCUT2D eigenvalue weighted by atomic mass is 9.88. The number of alkyl halides is 6. The largest absolute Gasteiger partial charge is 0.430 e. The van der Waals surface area contributed by atoms with Crippen LogP contribution in [-0.4, -0.2) is 19.0 Å². The van der Waals surface area contributed by atoms with E-state index in [-0.39, 0.29) is 23.2 Å². The first-order valence-corrected chi connectivity index (χ1v) is 8.03. The summed E-state index contributed by atoms with van der Waals surface area (Å²) in [6, 6.07) is 1.60. The van der Waals surface area contributed by atoms with Crippen molar-refractivity contribution in [2.45, 2.75) is 64.4 Å². The molecule has 0 spiro atoms. The lowest BCUT2D eigenvalue weighted by molar-refractivity contribution is -0.389. The summed E-state index contributed by atoms with van der Waals surface area (Å²) in [4.78, 5) is 0. The molecule has 0 amide bonds. The summed E-state index contributed by atoms with van der Waals surface area (Å²) < 4.78 is 86.3. The van der Waals surface area contributed by atoms with Gasteiger partial charge in [-0.1, -0.05) is 38.3 Å². The predicted molar refractivity (Wildman–Crippen MR) is 84.2 cm³/mol. The van der Waals surface area contributed by atoms with Crippen LogP contribution in [0.15, 0.2) is 12.1 Å². The summed E-state index contributed by atoms with van der Waals surface area (Å²) in [5, 5.41) is 0. The van der Waals surface area contributed by atoms with Crippen molar-refractivity contribution in [3.05, 3.63) is 28.8 Å². The standard InChI is InChI=1S/C17H23F6NO/c1-4-5-6-7-8-25-15(16(18,19)20,17(21,22)23)13-9-11(2)14(24)12(3)10-13/h9-10H,4-8,24H2,1-3H3. The Morgan fingerprint density at radius 3 is 1.76 bits per heavy atom. The van der Waals surface area contributed by atoms with Gasteiger partial charge in [0.15, 0.2) is 0 Å². The van der Waals surface area contributed by atoms with Crippen LogP contribution < -0.4 is 5.73 Å². The van der Waals surface area contributed by atoms with E-state index in [1.54, 1.807) is 0 Å². The molecule has 0 aromatic heterocycles. The molecule has 2 N–H and O–H groups in total. The molecule has 144 valence electrons. The number of rotatable bonds is 7. The van der Waals surface area contributed by atoms with Crippen molar-refractivity contribution in [2.75, 3.05) is 12.3 Å². The number of halogens is 6. The Morgan fingerprint density at radius 2 is 1.36 bits per heavy atom. The van der Waals surface area contributed by atoms with Crippen LogP contribution in [0, 0.1) is 13.8 Å². The van der Waals surface area contributed by atoms with Crippen LogP contribution in [-0.2, 0) is 10.3 Å². The van der Waals surface area contributed by atoms with Gasteiger partial charge < -0.3 is 10.5 Å². The highest BCUT2D eigenvalue weighted by Gasteiger charge is 2.73. The van der Waals surface area contributed by atoms with Crippen molar-refractivity contribution in [3.63, 3.8) is 0 Å². The smallest absolute Gasteiger partial charge is 0.398 e. The number of benzene rings is 1. The lowest BCUT2D eigenvalue weighted by Gasteiger charge is -2.38. The van der Waals surface area contributed by atoms with E-state index in [0.29, 0.717) is 12.8 Å². The maximum atomic E-state index is 13.6. The third-order valence-corrected chi connectivity index (χ3v) is 4.12. The van der Waals surface area contributed by atoms with Crippen molar-refractivity contribution >= 4 is 5.69 Å². The molecule has 0 bridgehead atoms.